The van der Waals surface area contributed by atoms with Crippen LogP contribution in [0, 0.1) is 0 Å². The molecule has 0 aliphatic heterocycles. The van der Waals surface area contributed by atoms with Crippen LogP contribution < -0.4 is 0 Å². The van der Waals surface area contributed by atoms with E-state index in [0.717, 1.165) is 4.47 Å². The summed E-state index contributed by atoms with van der Waals surface area (Å²) < 4.78 is 3.81. The molecule has 0 amide bonds. The first-order valence-electron chi connectivity index (χ1n) is 10.6. The zero-order chi connectivity index (χ0) is 21.5. The number of halogens is 1. The largest absolute Gasteiger partial charge is 0.133 e. The lowest BCUT2D eigenvalue weighted by atomic mass is 9.96. The topological polar surface area (TPSA) is 0 Å². The smallest absolute Gasteiger partial charge is 0.0497 e. The van der Waals surface area contributed by atoms with Gasteiger partial charge in [0.15, 0.2) is 0 Å². The van der Waals surface area contributed by atoms with Crippen molar-refractivity contribution in [3.63, 3.8) is 0 Å². The van der Waals surface area contributed by atoms with E-state index in [1.165, 1.54) is 53.6 Å². The van der Waals surface area contributed by atoms with E-state index < -0.39 is 0 Å². The minimum absolute atomic E-state index is 1.16. The summed E-state index contributed by atoms with van der Waals surface area (Å²) in [4.78, 5) is 0. The highest BCUT2D eigenvalue weighted by molar-refractivity contribution is 9.10. The van der Waals surface area contributed by atoms with Gasteiger partial charge in [-0.1, -0.05) is 103 Å². The number of fused-ring (bicyclic) bond motifs is 3. The van der Waals surface area contributed by atoms with E-state index in [1.807, 2.05) is 11.3 Å². The number of rotatable bonds is 3. The van der Waals surface area contributed by atoms with Gasteiger partial charge < -0.3 is 0 Å². The van der Waals surface area contributed by atoms with Crippen LogP contribution in [0.5, 0.6) is 0 Å². The molecule has 0 nitrogen and oxygen atoms in total. The fourth-order valence-corrected chi connectivity index (χ4v) is 6.22. The van der Waals surface area contributed by atoms with Crippen LogP contribution in [0.1, 0.15) is 0 Å². The molecular formula is C30H19BrS. The lowest BCUT2D eigenvalue weighted by Gasteiger charge is -2.08. The van der Waals surface area contributed by atoms with E-state index in [2.05, 4.69) is 131 Å². The van der Waals surface area contributed by atoms with Crippen molar-refractivity contribution in [3.8, 4) is 33.4 Å². The highest BCUT2D eigenvalue weighted by atomic mass is 79.9. The van der Waals surface area contributed by atoms with Crippen LogP contribution in [0.25, 0.3) is 53.6 Å². The lowest BCUT2D eigenvalue weighted by Crippen LogP contribution is -1.83. The van der Waals surface area contributed by atoms with Crippen molar-refractivity contribution in [1.29, 1.82) is 0 Å². The van der Waals surface area contributed by atoms with Crippen LogP contribution in [0.2, 0.25) is 0 Å². The highest BCUT2D eigenvalue weighted by Gasteiger charge is 2.12. The molecule has 5 aromatic carbocycles. The summed E-state index contributed by atoms with van der Waals surface area (Å²) in [6, 6.07) is 41.4. The maximum atomic E-state index is 3.73. The van der Waals surface area contributed by atoms with Crippen LogP contribution in [0.3, 0.4) is 0 Å². The van der Waals surface area contributed by atoms with Gasteiger partial charge in [0.2, 0.25) is 0 Å². The average molecular weight is 491 g/mol. The maximum absolute atomic E-state index is 3.73. The van der Waals surface area contributed by atoms with Gasteiger partial charge in [0, 0.05) is 24.6 Å². The van der Waals surface area contributed by atoms with Crippen LogP contribution in [0.15, 0.2) is 120 Å². The number of benzene rings is 5. The Kier molecular flexibility index (Phi) is 4.90. The second kappa shape index (κ2) is 8.05. The predicted octanol–water partition coefficient (Wildman–Crippen LogP) is 9.82. The molecule has 6 rings (SSSR count). The molecular weight excluding hydrogens is 472 g/mol. The Morgan fingerprint density at radius 1 is 0.438 bits per heavy atom. The van der Waals surface area contributed by atoms with E-state index in [4.69, 9.17) is 0 Å². The third-order valence-corrected chi connectivity index (χ3v) is 8.19. The molecule has 0 N–H and O–H groups in total. The van der Waals surface area contributed by atoms with E-state index in [9.17, 15) is 0 Å². The molecule has 6 aromatic rings. The first kappa shape index (κ1) is 19.5. The molecule has 0 saturated carbocycles. The molecule has 0 aliphatic rings. The standard InChI is InChI=1S/C30H19BrS/c31-28-14-6-13-27-26-12-5-11-25(29(26)32-30(27)28)24-10-4-9-23(19-24)22-17-15-21(16-18-22)20-7-2-1-3-8-20/h1-19H. The number of hydrogen-bond acceptors (Lipinski definition) is 1. The van der Waals surface area contributed by atoms with Crippen molar-refractivity contribution >= 4 is 47.4 Å². The Morgan fingerprint density at radius 2 is 1.00 bits per heavy atom. The quantitative estimate of drug-likeness (QED) is 0.231. The third kappa shape index (κ3) is 3.37. The normalized spacial score (nSPS) is 11.3. The summed E-state index contributed by atoms with van der Waals surface area (Å²) in [5.74, 6) is 0. The van der Waals surface area contributed by atoms with Gasteiger partial charge in [0.25, 0.3) is 0 Å². The first-order valence-corrected chi connectivity index (χ1v) is 12.2. The van der Waals surface area contributed by atoms with Gasteiger partial charge in [-0.2, -0.15) is 0 Å². The van der Waals surface area contributed by atoms with Gasteiger partial charge in [-0.15, -0.1) is 11.3 Å². The van der Waals surface area contributed by atoms with Crippen molar-refractivity contribution in [2.24, 2.45) is 0 Å². The van der Waals surface area contributed by atoms with Crippen molar-refractivity contribution < 1.29 is 0 Å². The Balaban J connectivity index is 1.44. The van der Waals surface area contributed by atoms with E-state index in [1.54, 1.807) is 0 Å². The minimum Gasteiger partial charge on any atom is -0.133 e. The molecule has 1 heterocycles. The summed E-state index contributed by atoms with van der Waals surface area (Å²) in [7, 11) is 0. The van der Waals surface area contributed by atoms with Gasteiger partial charge in [0.05, 0.1) is 0 Å². The molecule has 0 atom stereocenters. The fourth-order valence-electron chi connectivity index (χ4n) is 4.37. The first-order chi connectivity index (χ1) is 15.8. The van der Waals surface area contributed by atoms with Crippen LogP contribution in [-0.2, 0) is 0 Å². The Labute approximate surface area is 199 Å². The Bertz CT molecular complexity index is 1560. The number of thiophene rings is 1. The molecule has 0 radical (unpaired) electrons. The average Bonchev–Trinajstić information content (AvgIpc) is 3.25. The molecule has 2 heteroatoms. The third-order valence-electron chi connectivity index (χ3n) is 5.98. The minimum atomic E-state index is 1.16. The van der Waals surface area contributed by atoms with Gasteiger partial charge in [-0.3, -0.25) is 0 Å². The molecule has 152 valence electrons. The SMILES string of the molecule is Brc1cccc2c1sc1c(-c3cccc(-c4ccc(-c5ccccc5)cc4)c3)cccc12. The zero-order valence-corrected chi connectivity index (χ0v) is 19.7. The molecule has 0 bridgehead atoms. The molecule has 0 spiro atoms. The van der Waals surface area contributed by atoms with Gasteiger partial charge in [-0.25, -0.2) is 0 Å². The van der Waals surface area contributed by atoms with Crippen molar-refractivity contribution in [3.05, 3.63) is 120 Å². The lowest BCUT2D eigenvalue weighted by molar-refractivity contribution is 1.58. The summed E-state index contributed by atoms with van der Waals surface area (Å²) >= 11 is 5.60. The van der Waals surface area contributed by atoms with Crippen molar-refractivity contribution in [2.45, 2.75) is 0 Å². The molecule has 0 fully saturated rings. The summed E-state index contributed by atoms with van der Waals surface area (Å²) in [6.07, 6.45) is 0. The highest BCUT2D eigenvalue weighted by Crippen LogP contribution is 2.42. The molecule has 0 saturated heterocycles. The Morgan fingerprint density at radius 3 is 1.78 bits per heavy atom. The van der Waals surface area contributed by atoms with Gasteiger partial charge in [0.1, 0.15) is 0 Å². The van der Waals surface area contributed by atoms with Gasteiger partial charge in [-0.05, 0) is 61.4 Å². The maximum Gasteiger partial charge on any atom is 0.0497 e. The van der Waals surface area contributed by atoms with Gasteiger partial charge >= 0.3 is 0 Å². The zero-order valence-electron chi connectivity index (χ0n) is 17.3. The molecule has 0 aliphatic carbocycles. The van der Waals surface area contributed by atoms with Crippen LogP contribution >= 0.6 is 27.3 Å². The van der Waals surface area contributed by atoms with Crippen molar-refractivity contribution in [1.82, 2.24) is 0 Å². The molecule has 32 heavy (non-hydrogen) atoms. The van der Waals surface area contributed by atoms with Crippen molar-refractivity contribution in [2.75, 3.05) is 0 Å². The molecule has 0 unspecified atom stereocenters. The van der Waals surface area contributed by atoms with E-state index in [-0.39, 0.29) is 0 Å². The Hall–Kier alpha value is -3.20. The summed E-state index contributed by atoms with van der Waals surface area (Å²) in [6.45, 7) is 0. The van der Waals surface area contributed by atoms with E-state index in [0.29, 0.717) is 0 Å². The van der Waals surface area contributed by atoms with E-state index >= 15 is 0 Å². The fraction of sp³-hybridized carbons (Fsp3) is 0. The monoisotopic (exact) mass is 490 g/mol. The molecule has 1 aromatic heterocycles. The second-order valence-corrected chi connectivity index (χ2v) is 9.80. The second-order valence-electron chi connectivity index (χ2n) is 7.93. The number of hydrogen-bond donors (Lipinski definition) is 0. The summed E-state index contributed by atoms with van der Waals surface area (Å²) in [5.41, 5.74) is 7.50. The van der Waals surface area contributed by atoms with Crippen LogP contribution in [0.4, 0.5) is 0 Å². The predicted molar refractivity (Wildman–Crippen MR) is 143 cm³/mol. The summed E-state index contributed by atoms with van der Waals surface area (Å²) in [5, 5.41) is 2.63. The van der Waals surface area contributed by atoms with Crippen LogP contribution in [-0.4, -0.2) is 0 Å².